The zero-order valence-electron chi connectivity index (χ0n) is 13.8. The maximum atomic E-state index is 12.2. The maximum absolute atomic E-state index is 12.2. The molecule has 24 heavy (non-hydrogen) atoms. The van der Waals surface area contributed by atoms with Gasteiger partial charge in [0, 0.05) is 18.2 Å². The Hall–Kier alpha value is -2.60. The Kier molecular flexibility index (Phi) is 6.14. The smallest absolute Gasteiger partial charge is 0.305 e. The van der Waals surface area contributed by atoms with Crippen molar-refractivity contribution in [2.24, 2.45) is 0 Å². The van der Waals surface area contributed by atoms with Crippen LogP contribution in [0.4, 0.5) is 5.69 Å². The molecule has 6 nitrogen and oxygen atoms in total. The highest BCUT2D eigenvalue weighted by atomic mass is 16.5. The summed E-state index contributed by atoms with van der Waals surface area (Å²) in [5.41, 5.74) is 0.300. The van der Waals surface area contributed by atoms with E-state index in [-0.39, 0.29) is 18.8 Å². The van der Waals surface area contributed by atoms with Crippen LogP contribution in [0.1, 0.15) is 25.7 Å². The van der Waals surface area contributed by atoms with Crippen molar-refractivity contribution in [2.45, 2.75) is 25.7 Å². The second-order valence-electron chi connectivity index (χ2n) is 5.33. The molecule has 0 aromatic heterocycles. The van der Waals surface area contributed by atoms with Crippen molar-refractivity contribution in [3.63, 3.8) is 0 Å². The third kappa shape index (κ3) is 4.02. The summed E-state index contributed by atoms with van der Waals surface area (Å²) in [6, 6.07) is 11.0. The fourth-order valence-corrected chi connectivity index (χ4v) is 2.50. The van der Waals surface area contributed by atoms with E-state index in [2.05, 4.69) is 4.74 Å². The molecular formula is C18H21NO5. The number of benzene rings is 2. The van der Waals surface area contributed by atoms with Crippen molar-refractivity contribution in [2.75, 3.05) is 19.3 Å². The molecule has 0 unspecified atom stereocenters. The first-order valence-electron chi connectivity index (χ1n) is 7.73. The predicted octanol–water partition coefficient (Wildman–Crippen LogP) is 3.30. The third-order valence-electron chi connectivity index (χ3n) is 3.78. The average Bonchev–Trinajstić information content (AvgIpc) is 2.63. The van der Waals surface area contributed by atoms with E-state index in [1.807, 2.05) is 30.3 Å². The molecule has 0 spiro atoms. The van der Waals surface area contributed by atoms with Gasteiger partial charge in [-0.1, -0.05) is 30.3 Å². The number of hydrogen-bond donors (Lipinski definition) is 1. The van der Waals surface area contributed by atoms with Gasteiger partial charge in [0.25, 0.3) is 5.91 Å². The molecule has 1 amide bonds. The van der Waals surface area contributed by atoms with Crippen LogP contribution in [0.5, 0.6) is 5.75 Å². The molecule has 0 heterocycles. The highest BCUT2D eigenvalue weighted by molar-refractivity contribution is 5.99. The first-order valence-corrected chi connectivity index (χ1v) is 7.73. The third-order valence-corrected chi connectivity index (χ3v) is 3.78. The summed E-state index contributed by atoms with van der Waals surface area (Å²) in [6.07, 6.45) is 1.40. The molecule has 6 heteroatoms. The summed E-state index contributed by atoms with van der Waals surface area (Å²) in [7, 11) is 2.83. The first kappa shape index (κ1) is 17.7. The van der Waals surface area contributed by atoms with Crippen LogP contribution in [-0.4, -0.2) is 31.3 Å². The average molecular weight is 331 g/mol. The van der Waals surface area contributed by atoms with Crippen LogP contribution in [0, 0.1) is 0 Å². The number of amides is 1. The molecule has 0 atom stereocenters. The summed E-state index contributed by atoms with van der Waals surface area (Å²) in [5, 5.41) is 12.6. The molecule has 2 rings (SSSR count). The SMILES string of the molecule is COC(=O)CCCCC(=O)N(O)c1ccc2ccccc2c1OC. The summed E-state index contributed by atoms with van der Waals surface area (Å²) >= 11 is 0. The van der Waals surface area contributed by atoms with Crippen molar-refractivity contribution >= 4 is 28.3 Å². The fraction of sp³-hybridized carbons (Fsp3) is 0.333. The Labute approximate surface area is 140 Å². The first-order chi connectivity index (χ1) is 11.6. The number of nitrogens with zero attached hydrogens (tertiary/aromatic N) is 1. The molecule has 0 fully saturated rings. The van der Waals surface area contributed by atoms with Gasteiger partial charge in [-0.15, -0.1) is 0 Å². The number of methoxy groups -OCH3 is 2. The summed E-state index contributed by atoms with van der Waals surface area (Å²) in [5.74, 6) is -0.313. The number of rotatable bonds is 7. The van der Waals surface area contributed by atoms with Gasteiger partial charge < -0.3 is 9.47 Å². The summed E-state index contributed by atoms with van der Waals surface area (Å²) in [6.45, 7) is 0. The highest BCUT2D eigenvalue weighted by Crippen LogP contribution is 2.35. The number of hydrogen-bond acceptors (Lipinski definition) is 5. The Morgan fingerprint density at radius 1 is 1.04 bits per heavy atom. The van der Waals surface area contributed by atoms with E-state index >= 15 is 0 Å². The van der Waals surface area contributed by atoms with Gasteiger partial charge in [-0.2, -0.15) is 5.06 Å². The van der Waals surface area contributed by atoms with Gasteiger partial charge in [0.05, 0.1) is 14.2 Å². The standard InChI is InChI=1S/C18H21NO5/c1-23-17(21)10-6-5-9-16(20)19(22)15-12-11-13-7-3-4-8-14(13)18(15)24-2/h3-4,7-8,11-12,22H,5-6,9-10H2,1-2H3. The minimum Gasteiger partial charge on any atom is -0.494 e. The number of hydroxylamine groups is 1. The van der Waals surface area contributed by atoms with Gasteiger partial charge in [-0.3, -0.25) is 14.8 Å². The van der Waals surface area contributed by atoms with Crippen molar-refractivity contribution in [3.8, 4) is 5.75 Å². The van der Waals surface area contributed by atoms with Crippen LogP contribution in [0.15, 0.2) is 36.4 Å². The van der Waals surface area contributed by atoms with Crippen LogP contribution in [0.25, 0.3) is 10.8 Å². The minimum absolute atomic E-state index is 0.128. The molecular weight excluding hydrogens is 310 g/mol. The van der Waals surface area contributed by atoms with Crippen LogP contribution in [0.3, 0.4) is 0 Å². The van der Waals surface area contributed by atoms with Gasteiger partial charge in [-0.05, 0) is 24.3 Å². The Bertz CT molecular complexity index is 728. The van der Waals surface area contributed by atoms with E-state index in [9.17, 15) is 14.8 Å². The van der Waals surface area contributed by atoms with Crippen LogP contribution >= 0.6 is 0 Å². The van der Waals surface area contributed by atoms with Gasteiger partial charge in [0.1, 0.15) is 5.69 Å². The normalized spacial score (nSPS) is 10.5. The quantitative estimate of drug-likeness (QED) is 0.364. The molecule has 2 aromatic rings. The molecule has 0 aliphatic heterocycles. The Morgan fingerprint density at radius 2 is 1.75 bits per heavy atom. The van der Waals surface area contributed by atoms with Crippen molar-refractivity contribution in [1.82, 2.24) is 0 Å². The topological polar surface area (TPSA) is 76.1 Å². The molecule has 0 radical (unpaired) electrons. The molecule has 0 aliphatic rings. The largest absolute Gasteiger partial charge is 0.494 e. The lowest BCUT2D eigenvalue weighted by Crippen LogP contribution is -2.27. The molecule has 1 N–H and O–H groups in total. The van der Waals surface area contributed by atoms with Crippen LogP contribution in [-0.2, 0) is 14.3 Å². The van der Waals surface area contributed by atoms with E-state index < -0.39 is 5.91 Å². The van der Waals surface area contributed by atoms with Gasteiger partial charge in [-0.25, -0.2) is 0 Å². The van der Waals surface area contributed by atoms with Gasteiger partial charge in [0.2, 0.25) is 0 Å². The second kappa shape index (κ2) is 8.31. The van der Waals surface area contributed by atoms with Gasteiger partial charge in [0.15, 0.2) is 5.75 Å². The lowest BCUT2D eigenvalue weighted by molar-refractivity contribution is -0.140. The number of unbranched alkanes of at least 4 members (excludes halogenated alkanes) is 1. The molecule has 0 aliphatic carbocycles. The Balaban J connectivity index is 2.08. The zero-order chi connectivity index (χ0) is 17.5. The molecule has 0 bridgehead atoms. The maximum Gasteiger partial charge on any atom is 0.305 e. The van der Waals surface area contributed by atoms with E-state index in [1.165, 1.54) is 14.2 Å². The number of esters is 1. The van der Waals surface area contributed by atoms with Crippen molar-refractivity contribution in [1.29, 1.82) is 0 Å². The molecule has 0 saturated carbocycles. The zero-order valence-corrected chi connectivity index (χ0v) is 13.8. The lowest BCUT2D eigenvalue weighted by atomic mass is 10.1. The van der Waals surface area contributed by atoms with Crippen LogP contribution < -0.4 is 9.80 Å². The van der Waals surface area contributed by atoms with E-state index in [1.54, 1.807) is 6.07 Å². The van der Waals surface area contributed by atoms with Crippen LogP contribution in [0.2, 0.25) is 0 Å². The molecule has 0 saturated heterocycles. The summed E-state index contributed by atoms with van der Waals surface area (Å²) in [4.78, 5) is 23.2. The lowest BCUT2D eigenvalue weighted by Gasteiger charge is -2.19. The van der Waals surface area contributed by atoms with E-state index in [0.29, 0.717) is 29.3 Å². The number of carbonyl (C=O) groups is 2. The number of anilines is 1. The van der Waals surface area contributed by atoms with Crippen molar-refractivity contribution < 1.29 is 24.3 Å². The molecule has 128 valence electrons. The monoisotopic (exact) mass is 331 g/mol. The predicted molar refractivity (Wildman–Crippen MR) is 90.3 cm³/mol. The fourth-order valence-electron chi connectivity index (χ4n) is 2.50. The Morgan fingerprint density at radius 3 is 2.46 bits per heavy atom. The number of fused-ring (bicyclic) bond motifs is 1. The minimum atomic E-state index is -0.451. The van der Waals surface area contributed by atoms with Gasteiger partial charge >= 0.3 is 5.97 Å². The number of ether oxygens (including phenoxy) is 2. The number of carbonyl (C=O) groups excluding carboxylic acids is 2. The van der Waals surface area contributed by atoms with Crippen molar-refractivity contribution in [3.05, 3.63) is 36.4 Å². The molecule has 2 aromatic carbocycles. The van der Waals surface area contributed by atoms with E-state index in [0.717, 1.165) is 10.8 Å². The second-order valence-corrected chi connectivity index (χ2v) is 5.33. The summed E-state index contributed by atoms with van der Waals surface area (Å²) < 4.78 is 9.93. The highest BCUT2D eigenvalue weighted by Gasteiger charge is 2.19. The van der Waals surface area contributed by atoms with E-state index in [4.69, 9.17) is 4.74 Å².